The second kappa shape index (κ2) is 5.50. The van der Waals surface area contributed by atoms with E-state index < -0.39 is 11.4 Å². The predicted octanol–water partition coefficient (Wildman–Crippen LogP) is 1.84. The van der Waals surface area contributed by atoms with Crippen molar-refractivity contribution in [1.29, 1.82) is 5.26 Å². The van der Waals surface area contributed by atoms with Crippen molar-refractivity contribution in [3.05, 3.63) is 0 Å². The number of esters is 1. The van der Waals surface area contributed by atoms with Crippen LogP contribution in [0.1, 0.15) is 40.5 Å². The maximum Gasteiger partial charge on any atom is 0.326 e. The fourth-order valence-electron chi connectivity index (χ4n) is 0.974. The highest BCUT2D eigenvalue weighted by Gasteiger charge is 2.35. The number of rotatable bonds is 5. The molecule has 0 N–H and O–H groups in total. The lowest BCUT2D eigenvalue weighted by molar-refractivity contribution is -0.156. The first-order valence-corrected chi connectivity index (χ1v) is 4.93. The minimum atomic E-state index is -1.21. The van der Waals surface area contributed by atoms with Crippen LogP contribution in [0.3, 0.4) is 0 Å². The lowest BCUT2D eigenvalue weighted by Crippen LogP contribution is -2.30. The summed E-state index contributed by atoms with van der Waals surface area (Å²) < 4.78 is 4.97. The zero-order valence-corrected chi connectivity index (χ0v) is 9.66. The summed E-state index contributed by atoms with van der Waals surface area (Å²) in [5.41, 5.74) is -1.21. The van der Waals surface area contributed by atoms with E-state index in [4.69, 9.17) is 10.00 Å². The number of carbonyl (C=O) groups is 2. The van der Waals surface area contributed by atoms with E-state index in [1.54, 1.807) is 13.8 Å². The van der Waals surface area contributed by atoms with Gasteiger partial charge in [-0.2, -0.15) is 5.26 Å². The molecule has 0 aliphatic carbocycles. The molecular weight excluding hydrogens is 194 g/mol. The van der Waals surface area contributed by atoms with Crippen molar-refractivity contribution < 1.29 is 14.3 Å². The third-order valence-electron chi connectivity index (χ3n) is 2.02. The molecule has 0 aromatic carbocycles. The lowest BCUT2D eigenvalue weighted by Gasteiger charge is -2.20. The predicted molar refractivity (Wildman–Crippen MR) is 54.9 cm³/mol. The van der Waals surface area contributed by atoms with Gasteiger partial charge in [-0.15, -0.1) is 0 Å². The first kappa shape index (κ1) is 13.6. The Balaban J connectivity index is 4.49. The number of hydrogen-bond acceptors (Lipinski definition) is 4. The molecule has 0 bridgehead atoms. The monoisotopic (exact) mass is 211 g/mol. The Kier molecular flexibility index (Phi) is 4.99. The highest BCUT2D eigenvalue weighted by molar-refractivity contribution is 5.81. The number of carbonyl (C=O) groups excluding carboxylic acids is 2. The molecule has 0 fully saturated rings. The van der Waals surface area contributed by atoms with Crippen molar-refractivity contribution in [2.45, 2.75) is 46.6 Å². The molecule has 1 atom stereocenters. The molecule has 84 valence electrons. The van der Waals surface area contributed by atoms with Crippen LogP contribution >= 0.6 is 0 Å². The van der Waals surface area contributed by atoms with Gasteiger partial charge < -0.3 is 9.53 Å². The Morgan fingerprint density at radius 3 is 2.33 bits per heavy atom. The molecule has 0 rings (SSSR count). The van der Waals surface area contributed by atoms with Crippen molar-refractivity contribution in [2.75, 3.05) is 0 Å². The quantitative estimate of drug-likeness (QED) is 0.651. The van der Waals surface area contributed by atoms with Gasteiger partial charge in [0.05, 0.1) is 12.2 Å². The summed E-state index contributed by atoms with van der Waals surface area (Å²) in [6.45, 7) is 6.38. The molecule has 0 amide bonds. The average molecular weight is 211 g/mol. The molecule has 0 saturated heterocycles. The summed E-state index contributed by atoms with van der Waals surface area (Å²) in [5.74, 6) is -0.588. The van der Waals surface area contributed by atoms with E-state index in [1.807, 2.05) is 6.07 Å². The van der Waals surface area contributed by atoms with E-state index in [9.17, 15) is 9.59 Å². The molecule has 15 heavy (non-hydrogen) atoms. The van der Waals surface area contributed by atoms with Crippen molar-refractivity contribution in [3.8, 4) is 6.07 Å². The number of nitrogens with zero attached hydrogens (tertiary/aromatic N) is 1. The van der Waals surface area contributed by atoms with Gasteiger partial charge >= 0.3 is 5.97 Å². The maximum absolute atomic E-state index is 11.6. The molecular formula is C11H17NO3. The van der Waals surface area contributed by atoms with Gasteiger partial charge in [-0.05, 0) is 34.1 Å². The van der Waals surface area contributed by atoms with Crippen LogP contribution in [-0.2, 0) is 14.3 Å². The van der Waals surface area contributed by atoms with Gasteiger partial charge in [-0.25, -0.2) is 0 Å². The van der Waals surface area contributed by atoms with Crippen LogP contribution in [0.25, 0.3) is 0 Å². The second-order valence-electron chi connectivity index (χ2n) is 4.10. The van der Waals surface area contributed by atoms with Crippen LogP contribution in [-0.4, -0.2) is 17.9 Å². The highest BCUT2D eigenvalue weighted by Crippen LogP contribution is 2.24. The molecule has 0 aliphatic heterocycles. The summed E-state index contributed by atoms with van der Waals surface area (Å²) in [7, 11) is 0. The maximum atomic E-state index is 11.6. The Bertz CT molecular complexity index is 291. The fraction of sp³-hybridized carbons (Fsp3) is 0.727. The van der Waals surface area contributed by atoms with Gasteiger partial charge in [0.1, 0.15) is 5.78 Å². The Hall–Kier alpha value is -1.37. The number of ether oxygens (including phenoxy) is 1. The highest BCUT2D eigenvalue weighted by atomic mass is 16.5. The van der Waals surface area contributed by atoms with Crippen molar-refractivity contribution >= 4 is 11.8 Å². The SMILES string of the molecule is CC(=O)CC[C@](C)(C#N)C(=O)OC(C)C. The van der Waals surface area contributed by atoms with E-state index in [2.05, 4.69) is 0 Å². The zero-order chi connectivity index (χ0) is 12.1. The smallest absolute Gasteiger partial charge is 0.326 e. The molecule has 0 aromatic rings. The topological polar surface area (TPSA) is 67.2 Å². The summed E-state index contributed by atoms with van der Waals surface area (Å²) in [5, 5.41) is 8.92. The van der Waals surface area contributed by atoms with Crippen LogP contribution in [0.15, 0.2) is 0 Å². The standard InChI is InChI=1S/C11H17NO3/c1-8(2)15-10(14)11(4,7-12)6-5-9(3)13/h8H,5-6H2,1-4H3/t11-/m1/s1. The van der Waals surface area contributed by atoms with Gasteiger partial charge in [0.25, 0.3) is 0 Å². The molecule has 0 radical (unpaired) electrons. The van der Waals surface area contributed by atoms with E-state index >= 15 is 0 Å². The third kappa shape index (κ3) is 4.59. The summed E-state index contributed by atoms with van der Waals surface area (Å²) in [4.78, 5) is 22.4. The van der Waals surface area contributed by atoms with Crippen molar-refractivity contribution in [3.63, 3.8) is 0 Å². The Morgan fingerprint density at radius 2 is 2.00 bits per heavy atom. The molecule has 0 unspecified atom stereocenters. The lowest BCUT2D eigenvalue weighted by atomic mass is 9.86. The molecule has 4 heteroatoms. The zero-order valence-electron chi connectivity index (χ0n) is 9.66. The Morgan fingerprint density at radius 1 is 1.47 bits per heavy atom. The minimum absolute atomic E-state index is 0.0335. The molecule has 0 saturated carbocycles. The minimum Gasteiger partial charge on any atom is -0.462 e. The molecule has 0 aliphatic rings. The van der Waals surface area contributed by atoms with Gasteiger partial charge in [0.2, 0.25) is 0 Å². The van der Waals surface area contributed by atoms with Crippen LogP contribution in [0.2, 0.25) is 0 Å². The molecule has 0 heterocycles. The fourth-order valence-corrected chi connectivity index (χ4v) is 0.974. The van der Waals surface area contributed by atoms with Gasteiger partial charge in [0, 0.05) is 6.42 Å². The molecule has 0 aromatic heterocycles. The van der Waals surface area contributed by atoms with Crippen molar-refractivity contribution in [1.82, 2.24) is 0 Å². The first-order chi connectivity index (χ1) is 6.81. The summed E-state index contributed by atoms with van der Waals surface area (Å²) in [6.07, 6.45) is 0.185. The van der Waals surface area contributed by atoms with E-state index in [0.29, 0.717) is 0 Å². The van der Waals surface area contributed by atoms with Crippen LogP contribution < -0.4 is 0 Å². The van der Waals surface area contributed by atoms with Crippen LogP contribution in [0.5, 0.6) is 0 Å². The van der Waals surface area contributed by atoms with Gasteiger partial charge in [-0.3, -0.25) is 4.79 Å². The van der Waals surface area contributed by atoms with Gasteiger partial charge in [0.15, 0.2) is 5.41 Å². The molecule has 4 nitrogen and oxygen atoms in total. The van der Waals surface area contributed by atoms with E-state index in [1.165, 1.54) is 13.8 Å². The summed E-state index contributed by atoms with van der Waals surface area (Å²) >= 11 is 0. The second-order valence-corrected chi connectivity index (χ2v) is 4.10. The number of nitriles is 1. The first-order valence-electron chi connectivity index (χ1n) is 4.93. The van der Waals surface area contributed by atoms with E-state index in [0.717, 1.165) is 0 Å². The van der Waals surface area contributed by atoms with Crippen LogP contribution in [0, 0.1) is 16.7 Å². The average Bonchev–Trinajstić information content (AvgIpc) is 2.13. The third-order valence-corrected chi connectivity index (χ3v) is 2.02. The normalized spacial score (nSPS) is 14.1. The van der Waals surface area contributed by atoms with Crippen molar-refractivity contribution in [2.24, 2.45) is 5.41 Å². The number of ketones is 1. The number of hydrogen-bond donors (Lipinski definition) is 0. The largest absolute Gasteiger partial charge is 0.462 e. The number of Topliss-reactive ketones (excluding diaryl/α,β-unsaturated/α-hetero) is 1. The molecule has 0 spiro atoms. The van der Waals surface area contributed by atoms with Crippen LogP contribution in [0.4, 0.5) is 0 Å². The summed E-state index contributed by atoms with van der Waals surface area (Å²) in [6, 6.07) is 1.91. The van der Waals surface area contributed by atoms with Gasteiger partial charge in [-0.1, -0.05) is 0 Å². The Labute approximate surface area is 90.2 Å². The van der Waals surface area contributed by atoms with E-state index in [-0.39, 0.29) is 24.7 Å².